The molecule has 0 saturated carbocycles. The average Bonchev–Trinajstić information content (AvgIpc) is 2.84. The van der Waals surface area contributed by atoms with Crippen molar-refractivity contribution in [3.8, 4) is 0 Å². The molecule has 0 aromatic carbocycles. The monoisotopic (exact) mass is 313 g/mol. The van der Waals surface area contributed by atoms with E-state index in [2.05, 4.69) is 10.3 Å². The van der Waals surface area contributed by atoms with Crippen molar-refractivity contribution in [2.75, 3.05) is 17.7 Å². The van der Waals surface area contributed by atoms with Gasteiger partial charge in [-0.3, -0.25) is 4.57 Å². The van der Waals surface area contributed by atoms with Crippen LogP contribution in [-0.2, 0) is 9.47 Å². The van der Waals surface area contributed by atoms with Gasteiger partial charge in [-0.05, 0) is 33.8 Å². The van der Waals surface area contributed by atoms with Gasteiger partial charge in [0.1, 0.15) is 17.5 Å². The summed E-state index contributed by atoms with van der Waals surface area (Å²) in [4.78, 5) is 16.1. The van der Waals surface area contributed by atoms with E-state index in [0.717, 1.165) is 5.75 Å². The van der Waals surface area contributed by atoms with Crippen molar-refractivity contribution in [2.24, 2.45) is 0 Å². The Morgan fingerprint density at radius 3 is 2.90 bits per heavy atom. The molecule has 118 valence electrons. The van der Waals surface area contributed by atoms with Gasteiger partial charge in [-0.1, -0.05) is 0 Å². The zero-order valence-electron chi connectivity index (χ0n) is 12.9. The van der Waals surface area contributed by atoms with Crippen molar-refractivity contribution in [2.45, 2.75) is 51.5 Å². The van der Waals surface area contributed by atoms with E-state index >= 15 is 0 Å². The highest BCUT2D eigenvalue weighted by atomic mass is 32.2. The summed E-state index contributed by atoms with van der Waals surface area (Å²) < 4.78 is 12.9. The molecule has 21 heavy (non-hydrogen) atoms. The lowest BCUT2D eigenvalue weighted by molar-refractivity contribution is -0.0377. The third-order valence-electron chi connectivity index (χ3n) is 2.88. The van der Waals surface area contributed by atoms with Crippen LogP contribution in [0.2, 0.25) is 0 Å². The molecule has 1 fully saturated rings. The first-order valence-electron chi connectivity index (χ1n) is 7.20. The highest BCUT2D eigenvalue weighted by Gasteiger charge is 2.28. The summed E-state index contributed by atoms with van der Waals surface area (Å²) in [5, 5.41) is 3.11. The molecule has 1 saturated heterocycles. The molecule has 0 unspecified atom stereocenters. The van der Waals surface area contributed by atoms with Crippen LogP contribution in [0.4, 0.5) is 5.82 Å². The van der Waals surface area contributed by atoms with Crippen LogP contribution >= 0.6 is 11.8 Å². The summed E-state index contributed by atoms with van der Waals surface area (Å²) in [5.41, 5.74) is -0.325. The molecule has 7 heteroatoms. The predicted molar refractivity (Wildman–Crippen MR) is 84.7 cm³/mol. The normalized spacial score (nSPS) is 22.2. The van der Waals surface area contributed by atoms with Gasteiger partial charge in [-0.25, -0.2) is 4.79 Å². The summed E-state index contributed by atoms with van der Waals surface area (Å²) in [5.74, 6) is 1.32. The Morgan fingerprint density at radius 1 is 1.52 bits per heavy atom. The fourth-order valence-corrected chi connectivity index (χ4v) is 2.96. The third-order valence-corrected chi connectivity index (χ3v) is 3.97. The summed E-state index contributed by atoms with van der Waals surface area (Å²) in [6.07, 6.45) is 1.64. The van der Waals surface area contributed by atoms with Crippen LogP contribution in [0.3, 0.4) is 0 Å². The molecule has 0 aliphatic carbocycles. The van der Waals surface area contributed by atoms with E-state index in [0.29, 0.717) is 12.4 Å². The van der Waals surface area contributed by atoms with E-state index in [4.69, 9.17) is 9.47 Å². The Kier molecular flexibility index (Phi) is 5.66. The van der Waals surface area contributed by atoms with Crippen LogP contribution in [0.15, 0.2) is 17.1 Å². The van der Waals surface area contributed by atoms with Crippen molar-refractivity contribution in [1.82, 2.24) is 9.55 Å². The van der Waals surface area contributed by atoms with Gasteiger partial charge >= 0.3 is 5.69 Å². The number of thioether (sulfide) groups is 1. The van der Waals surface area contributed by atoms with Gasteiger partial charge in [0.05, 0.1) is 12.7 Å². The second-order valence-electron chi connectivity index (χ2n) is 5.54. The van der Waals surface area contributed by atoms with Gasteiger partial charge in [0, 0.05) is 18.0 Å². The van der Waals surface area contributed by atoms with E-state index in [1.165, 1.54) is 4.57 Å². The molecular weight excluding hydrogens is 290 g/mol. The minimum Gasteiger partial charge on any atom is -0.375 e. The van der Waals surface area contributed by atoms with E-state index < -0.39 is 0 Å². The minimum absolute atomic E-state index is 0.0298. The Balaban J connectivity index is 1.98. The van der Waals surface area contributed by atoms with E-state index in [9.17, 15) is 4.79 Å². The molecule has 1 aromatic heterocycles. The fourth-order valence-electron chi connectivity index (χ4n) is 1.96. The van der Waals surface area contributed by atoms with Crippen molar-refractivity contribution >= 4 is 17.6 Å². The summed E-state index contributed by atoms with van der Waals surface area (Å²) in [7, 11) is 0. The van der Waals surface area contributed by atoms with Gasteiger partial charge in [-0.15, -0.1) is 11.8 Å². The molecule has 2 heterocycles. The smallest absolute Gasteiger partial charge is 0.351 e. The molecule has 1 aliphatic rings. The molecule has 1 aliphatic heterocycles. The first-order chi connectivity index (χ1) is 9.95. The maximum absolute atomic E-state index is 12.1. The minimum atomic E-state index is -0.295. The standard InChI is InChI=1S/C14H23N3O3S/c1-9(2)15-11-5-6-17(14(18)16-11)12-8-21-13(20-12)7-19-10(3)4/h5-6,9-10,12-13H,7-8H2,1-4H3,(H,15,16,18)/t12-,13+/m1/s1. The highest BCUT2D eigenvalue weighted by Crippen LogP contribution is 2.31. The molecule has 2 rings (SSSR count). The number of aromatic nitrogens is 2. The number of rotatable bonds is 6. The topological polar surface area (TPSA) is 65.4 Å². The van der Waals surface area contributed by atoms with Crippen LogP contribution in [0, 0.1) is 0 Å². The summed E-state index contributed by atoms with van der Waals surface area (Å²) in [6.45, 7) is 8.53. The van der Waals surface area contributed by atoms with Gasteiger partial charge in [0.15, 0.2) is 0 Å². The van der Waals surface area contributed by atoms with Crippen LogP contribution in [0.1, 0.15) is 33.9 Å². The first-order valence-corrected chi connectivity index (χ1v) is 8.25. The van der Waals surface area contributed by atoms with E-state index in [1.807, 2.05) is 27.7 Å². The van der Waals surface area contributed by atoms with Gasteiger partial charge < -0.3 is 14.8 Å². The third kappa shape index (κ3) is 4.72. The molecule has 0 spiro atoms. The first kappa shape index (κ1) is 16.3. The molecule has 0 amide bonds. The lowest BCUT2D eigenvalue weighted by Crippen LogP contribution is -2.29. The maximum atomic E-state index is 12.1. The molecule has 2 atom stereocenters. The molecule has 6 nitrogen and oxygen atoms in total. The highest BCUT2D eigenvalue weighted by molar-refractivity contribution is 8.00. The van der Waals surface area contributed by atoms with Gasteiger partial charge in [0.2, 0.25) is 0 Å². The second kappa shape index (κ2) is 7.29. The Morgan fingerprint density at radius 2 is 2.29 bits per heavy atom. The number of hydrogen-bond donors (Lipinski definition) is 1. The zero-order chi connectivity index (χ0) is 15.4. The number of hydrogen-bond acceptors (Lipinski definition) is 6. The van der Waals surface area contributed by atoms with E-state index in [1.54, 1.807) is 24.0 Å². The molecule has 1 aromatic rings. The van der Waals surface area contributed by atoms with Crippen molar-refractivity contribution in [3.63, 3.8) is 0 Å². The zero-order valence-corrected chi connectivity index (χ0v) is 13.7. The molecule has 0 bridgehead atoms. The lowest BCUT2D eigenvalue weighted by Gasteiger charge is -2.16. The van der Waals surface area contributed by atoms with Crippen molar-refractivity contribution in [3.05, 3.63) is 22.7 Å². The Labute approximate surface area is 129 Å². The van der Waals surface area contributed by atoms with Crippen LogP contribution in [0.5, 0.6) is 0 Å². The van der Waals surface area contributed by atoms with Crippen LogP contribution < -0.4 is 11.0 Å². The summed E-state index contributed by atoms with van der Waals surface area (Å²) in [6, 6.07) is 2.04. The maximum Gasteiger partial charge on any atom is 0.351 e. The predicted octanol–water partition coefficient (Wildman–Crippen LogP) is 2.08. The van der Waals surface area contributed by atoms with Gasteiger partial charge in [0.25, 0.3) is 0 Å². The molecule has 1 N–H and O–H groups in total. The number of nitrogens with zero attached hydrogens (tertiary/aromatic N) is 2. The van der Waals surface area contributed by atoms with Gasteiger partial charge in [-0.2, -0.15) is 4.98 Å². The SMILES string of the molecule is CC(C)Nc1ccn([C@H]2CS[C@@H](COC(C)C)O2)c(=O)n1. The lowest BCUT2D eigenvalue weighted by atomic mass is 10.4. The fraction of sp³-hybridized carbons (Fsp3) is 0.714. The van der Waals surface area contributed by atoms with Crippen LogP contribution in [0.25, 0.3) is 0 Å². The second-order valence-corrected chi connectivity index (χ2v) is 6.73. The number of anilines is 1. The van der Waals surface area contributed by atoms with Crippen LogP contribution in [-0.4, -0.2) is 39.5 Å². The van der Waals surface area contributed by atoms with E-state index in [-0.39, 0.29) is 29.5 Å². The Hall–Kier alpha value is -1.05. The number of nitrogens with one attached hydrogen (secondary N) is 1. The Bertz CT molecular complexity index is 518. The number of ether oxygens (including phenoxy) is 2. The van der Waals surface area contributed by atoms with Crippen molar-refractivity contribution in [1.29, 1.82) is 0 Å². The molecule has 0 radical (unpaired) electrons. The largest absolute Gasteiger partial charge is 0.375 e. The summed E-state index contributed by atoms with van der Waals surface area (Å²) >= 11 is 1.66. The molecular formula is C14H23N3O3S. The quantitative estimate of drug-likeness (QED) is 0.867. The average molecular weight is 313 g/mol. The van der Waals surface area contributed by atoms with Crippen molar-refractivity contribution < 1.29 is 9.47 Å².